The SMILES string of the molecule is CNC(=O)c1c(C)cc(C(N)=O)n1S(=O)(=O)c1cc(C)cc(C)c1. The average Bonchev–Trinajstić information content (AvgIpc) is 2.84. The Morgan fingerprint density at radius 2 is 1.58 bits per heavy atom. The second kappa shape index (κ2) is 6.12. The predicted molar refractivity (Wildman–Crippen MR) is 89.6 cm³/mol. The fourth-order valence-corrected chi connectivity index (χ4v) is 4.36. The van der Waals surface area contributed by atoms with Gasteiger partial charge in [-0.3, -0.25) is 9.59 Å². The van der Waals surface area contributed by atoms with E-state index >= 15 is 0 Å². The topological polar surface area (TPSA) is 111 Å². The van der Waals surface area contributed by atoms with Crippen molar-refractivity contribution in [2.24, 2.45) is 5.73 Å². The van der Waals surface area contributed by atoms with Gasteiger partial charge in [-0.1, -0.05) is 6.07 Å². The number of nitrogens with two attached hydrogens (primary N) is 1. The van der Waals surface area contributed by atoms with Gasteiger partial charge in [-0.15, -0.1) is 0 Å². The lowest BCUT2D eigenvalue weighted by Crippen LogP contribution is -2.29. The van der Waals surface area contributed by atoms with Gasteiger partial charge >= 0.3 is 0 Å². The van der Waals surface area contributed by atoms with Gasteiger partial charge < -0.3 is 11.1 Å². The monoisotopic (exact) mass is 349 g/mol. The van der Waals surface area contributed by atoms with Crippen molar-refractivity contribution in [3.8, 4) is 0 Å². The summed E-state index contributed by atoms with van der Waals surface area (Å²) in [5.74, 6) is -1.55. The Kier molecular flexibility index (Phi) is 4.52. The number of rotatable bonds is 4. The number of carbonyl (C=O) groups excluding carboxylic acids is 2. The Bertz CT molecular complexity index is 922. The molecule has 0 saturated carbocycles. The van der Waals surface area contributed by atoms with Gasteiger partial charge in [-0.2, -0.15) is 0 Å². The van der Waals surface area contributed by atoms with Gasteiger partial charge in [0, 0.05) is 7.05 Å². The van der Waals surface area contributed by atoms with Crippen LogP contribution >= 0.6 is 0 Å². The first kappa shape index (κ1) is 17.7. The molecule has 0 radical (unpaired) electrons. The van der Waals surface area contributed by atoms with Gasteiger partial charge in [-0.25, -0.2) is 12.4 Å². The van der Waals surface area contributed by atoms with Crippen LogP contribution in [-0.4, -0.2) is 31.3 Å². The summed E-state index contributed by atoms with van der Waals surface area (Å²) in [4.78, 5) is 23.9. The van der Waals surface area contributed by atoms with E-state index in [0.717, 1.165) is 15.1 Å². The number of carbonyl (C=O) groups is 2. The molecule has 128 valence electrons. The van der Waals surface area contributed by atoms with Crippen LogP contribution in [0.1, 0.15) is 37.7 Å². The van der Waals surface area contributed by atoms with E-state index in [1.54, 1.807) is 20.8 Å². The van der Waals surface area contributed by atoms with Crippen molar-refractivity contribution < 1.29 is 18.0 Å². The lowest BCUT2D eigenvalue weighted by Gasteiger charge is -2.14. The van der Waals surface area contributed by atoms with E-state index in [0.29, 0.717) is 5.56 Å². The fraction of sp³-hybridized carbons (Fsp3) is 0.250. The minimum absolute atomic E-state index is 0.0109. The third-order valence-corrected chi connectivity index (χ3v) is 5.27. The highest BCUT2D eigenvalue weighted by Gasteiger charge is 2.30. The lowest BCUT2D eigenvalue weighted by atomic mass is 10.2. The molecular formula is C16H19N3O4S. The molecule has 0 aliphatic heterocycles. The van der Waals surface area contributed by atoms with E-state index in [-0.39, 0.29) is 16.3 Å². The minimum atomic E-state index is -4.17. The third kappa shape index (κ3) is 2.92. The second-order valence-electron chi connectivity index (χ2n) is 5.60. The Morgan fingerprint density at radius 1 is 1.04 bits per heavy atom. The van der Waals surface area contributed by atoms with Crippen molar-refractivity contribution in [3.05, 3.63) is 52.3 Å². The van der Waals surface area contributed by atoms with Crippen molar-refractivity contribution in [2.75, 3.05) is 7.05 Å². The predicted octanol–water partition coefficient (Wildman–Crippen LogP) is 1.11. The van der Waals surface area contributed by atoms with Crippen LogP contribution in [0.2, 0.25) is 0 Å². The summed E-state index contributed by atoms with van der Waals surface area (Å²) in [5.41, 5.74) is 6.77. The summed E-state index contributed by atoms with van der Waals surface area (Å²) >= 11 is 0. The molecule has 1 aromatic carbocycles. The molecule has 0 aliphatic carbocycles. The molecule has 1 heterocycles. The van der Waals surface area contributed by atoms with E-state index < -0.39 is 21.8 Å². The molecule has 7 nitrogen and oxygen atoms in total. The zero-order valence-corrected chi connectivity index (χ0v) is 14.7. The van der Waals surface area contributed by atoms with E-state index in [4.69, 9.17) is 5.73 Å². The Labute approximate surface area is 140 Å². The number of amides is 2. The molecule has 0 fully saturated rings. The lowest BCUT2D eigenvalue weighted by molar-refractivity contribution is 0.0956. The number of hydrogen-bond donors (Lipinski definition) is 2. The summed E-state index contributed by atoms with van der Waals surface area (Å²) in [5, 5.41) is 2.38. The van der Waals surface area contributed by atoms with Crippen LogP contribution < -0.4 is 11.1 Å². The molecule has 0 unspecified atom stereocenters. The maximum Gasteiger partial charge on any atom is 0.269 e. The van der Waals surface area contributed by atoms with Crippen molar-refractivity contribution in [1.29, 1.82) is 0 Å². The third-order valence-electron chi connectivity index (χ3n) is 3.58. The van der Waals surface area contributed by atoms with Gasteiger partial charge in [0.1, 0.15) is 11.4 Å². The maximum atomic E-state index is 13.1. The number of benzene rings is 1. The highest BCUT2D eigenvalue weighted by molar-refractivity contribution is 7.90. The van der Waals surface area contributed by atoms with E-state index in [1.165, 1.54) is 25.2 Å². The summed E-state index contributed by atoms with van der Waals surface area (Å²) < 4.78 is 26.9. The molecule has 2 amide bonds. The Morgan fingerprint density at radius 3 is 2.04 bits per heavy atom. The molecule has 2 rings (SSSR count). The van der Waals surface area contributed by atoms with Crippen LogP contribution in [0.25, 0.3) is 0 Å². The fourth-order valence-electron chi connectivity index (χ4n) is 2.61. The van der Waals surface area contributed by atoms with Crippen LogP contribution in [0.4, 0.5) is 0 Å². The number of nitrogens with zero attached hydrogens (tertiary/aromatic N) is 1. The zero-order valence-electron chi connectivity index (χ0n) is 13.9. The largest absolute Gasteiger partial charge is 0.364 e. The standard InChI is InChI=1S/C16H19N3O4S/c1-9-5-10(2)7-12(6-9)24(22,23)19-13(15(17)20)8-11(3)14(19)16(21)18-4/h5-8H,1-4H3,(H2,17,20)(H,18,21). The summed E-state index contributed by atoms with van der Waals surface area (Å²) in [6.45, 7) is 5.08. The first-order valence-electron chi connectivity index (χ1n) is 7.17. The zero-order chi connectivity index (χ0) is 18.2. The molecule has 0 bridgehead atoms. The molecule has 1 aromatic heterocycles. The van der Waals surface area contributed by atoms with E-state index in [1.807, 2.05) is 6.07 Å². The van der Waals surface area contributed by atoms with Gasteiger partial charge in [0.2, 0.25) is 0 Å². The second-order valence-corrected chi connectivity index (χ2v) is 7.38. The minimum Gasteiger partial charge on any atom is -0.364 e. The normalized spacial score (nSPS) is 11.3. The van der Waals surface area contributed by atoms with Crippen LogP contribution in [-0.2, 0) is 10.0 Å². The number of aromatic nitrogens is 1. The highest BCUT2D eigenvalue weighted by atomic mass is 32.2. The quantitative estimate of drug-likeness (QED) is 0.861. The number of aryl methyl sites for hydroxylation is 3. The molecule has 0 saturated heterocycles. The van der Waals surface area contributed by atoms with E-state index in [2.05, 4.69) is 5.32 Å². The maximum absolute atomic E-state index is 13.1. The van der Waals surface area contributed by atoms with Gasteiger partial charge in [-0.05, 0) is 55.7 Å². The Hall–Kier alpha value is -2.61. The molecule has 2 aromatic rings. The van der Waals surface area contributed by atoms with Crippen LogP contribution in [0.5, 0.6) is 0 Å². The van der Waals surface area contributed by atoms with Gasteiger partial charge in [0.15, 0.2) is 0 Å². The summed E-state index contributed by atoms with van der Waals surface area (Å²) in [7, 11) is -2.79. The van der Waals surface area contributed by atoms with Crippen molar-refractivity contribution >= 4 is 21.8 Å². The number of hydrogen-bond acceptors (Lipinski definition) is 4. The Balaban J connectivity index is 2.87. The van der Waals surface area contributed by atoms with Gasteiger partial charge in [0.05, 0.1) is 4.90 Å². The smallest absolute Gasteiger partial charge is 0.269 e. The molecule has 3 N–H and O–H groups in total. The molecule has 0 atom stereocenters. The van der Waals surface area contributed by atoms with Crippen molar-refractivity contribution in [2.45, 2.75) is 25.7 Å². The molecule has 0 spiro atoms. The van der Waals surface area contributed by atoms with Crippen molar-refractivity contribution in [3.63, 3.8) is 0 Å². The van der Waals surface area contributed by atoms with Gasteiger partial charge in [0.25, 0.3) is 21.8 Å². The number of primary amides is 1. The molecule has 8 heteroatoms. The molecular weight excluding hydrogens is 330 g/mol. The summed E-state index contributed by atoms with van der Waals surface area (Å²) in [6, 6.07) is 6.09. The molecule has 24 heavy (non-hydrogen) atoms. The molecule has 0 aliphatic rings. The van der Waals surface area contributed by atoms with Crippen LogP contribution in [0.3, 0.4) is 0 Å². The summed E-state index contributed by atoms with van der Waals surface area (Å²) in [6.07, 6.45) is 0. The van der Waals surface area contributed by atoms with Crippen molar-refractivity contribution in [1.82, 2.24) is 9.29 Å². The average molecular weight is 349 g/mol. The highest BCUT2D eigenvalue weighted by Crippen LogP contribution is 2.24. The van der Waals surface area contributed by atoms with Crippen LogP contribution in [0, 0.1) is 20.8 Å². The number of nitrogens with one attached hydrogen (secondary N) is 1. The first-order valence-corrected chi connectivity index (χ1v) is 8.61. The van der Waals surface area contributed by atoms with E-state index in [9.17, 15) is 18.0 Å². The van der Waals surface area contributed by atoms with Crippen LogP contribution in [0.15, 0.2) is 29.2 Å². The first-order chi connectivity index (χ1) is 11.1.